The van der Waals surface area contributed by atoms with Crippen molar-refractivity contribution in [3.63, 3.8) is 0 Å². The number of aliphatic hydroxyl groups excluding tert-OH is 1. The third kappa shape index (κ3) is 4.21. The van der Waals surface area contributed by atoms with Crippen molar-refractivity contribution < 1.29 is 27.6 Å². The van der Waals surface area contributed by atoms with Crippen molar-refractivity contribution in [2.45, 2.75) is 102 Å². The van der Waals surface area contributed by atoms with Crippen molar-refractivity contribution in [1.82, 2.24) is 14.8 Å². The molecule has 0 aliphatic carbocycles. The molecule has 1 aromatic heterocycles. The minimum Gasteiger partial charge on any atom is -0.414 e. The molecule has 3 rings (SSSR count). The Hall–Kier alpha value is -1.16. The van der Waals surface area contributed by atoms with Crippen LogP contribution in [0, 0.1) is 0 Å². The van der Waals surface area contributed by atoms with E-state index in [1.165, 1.54) is 11.0 Å². The number of fused-ring (bicyclic) bond motifs is 1. The van der Waals surface area contributed by atoms with Gasteiger partial charge in [0.05, 0.1) is 6.61 Å². The van der Waals surface area contributed by atoms with E-state index in [0.29, 0.717) is 0 Å². The lowest BCUT2D eigenvalue weighted by molar-refractivity contribution is -0.0631. The van der Waals surface area contributed by atoms with E-state index in [0.717, 1.165) is 0 Å². The van der Waals surface area contributed by atoms with E-state index in [-0.39, 0.29) is 34.6 Å². The van der Waals surface area contributed by atoms with Crippen LogP contribution >= 0.6 is 0 Å². The molecule has 0 saturated carbocycles. The monoisotopic (exact) mass is 486 g/mol. The quantitative estimate of drug-likeness (QED) is 0.587. The molecule has 1 aromatic rings. The van der Waals surface area contributed by atoms with Crippen LogP contribution in [0.25, 0.3) is 0 Å². The number of hydrogen-bond acceptors (Lipinski definition) is 8. The summed E-state index contributed by atoms with van der Waals surface area (Å²) >= 11 is 0. The molecule has 12 heteroatoms. The van der Waals surface area contributed by atoms with Gasteiger partial charge in [-0.05, 0) is 22.2 Å². The first-order valence-corrected chi connectivity index (χ1v) is 15.4. The van der Waals surface area contributed by atoms with E-state index >= 15 is 0 Å². The van der Waals surface area contributed by atoms with Gasteiger partial charge in [0.1, 0.15) is 24.6 Å². The van der Waals surface area contributed by atoms with Gasteiger partial charge in [-0.15, -0.1) is 5.10 Å². The van der Waals surface area contributed by atoms with Crippen LogP contribution in [0.3, 0.4) is 0 Å². The summed E-state index contributed by atoms with van der Waals surface area (Å²) < 4.78 is 28.1. The number of aliphatic hydroxyl groups is 1. The predicted octanol–water partition coefficient (Wildman–Crippen LogP) is 2.59. The molecule has 0 bridgehead atoms. The summed E-state index contributed by atoms with van der Waals surface area (Å²) in [5, 5.41) is 15.3. The minimum atomic E-state index is -2.87. The van der Waals surface area contributed by atoms with Crippen LogP contribution in [0.1, 0.15) is 72.2 Å². The zero-order chi connectivity index (χ0) is 24.0. The van der Waals surface area contributed by atoms with Gasteiger partial charge in [-0.1, -0.05) is 55.4 Å². The van der Waals surface area contributed by atoms with Gasteiger partial charge in [-0.3, -0.25) is 4.79 Å². The lowest BCUT2D eigenvalue weighted by Gasteiger charge is -2.51. The van der Waals surface area contributed by atoms with Gasteiger partial charge in [0.2, 0.25) is 5.82 Å². The Labute approximate surface area is 192 Å². The van der Waals surface area contributed by atoms with E-state index in [1.54, 1.807) is 0 Å². The molecule has 4 atom stereocenters. The highest BCUT2D eigenvalue weighted by Crippen LogP contribution is 2.48. The highest BCUT2D eigenvalue weighted by atomic mass is 28.5. The predicted molar refractivity (Wildman–Crippen MR) is 122 cm³/mol. The third-order valence-corrected chi connectivity index (χ3v) is 16.9. The van der Waals surface area contributed by atoms with Gasteiger partial charge in [0, 0.05) is 0 Å². The van der Waals surface area contributed by atoms with Crippen LogP contribution in [0.5, 0.6) is 0 Å². The van der Waals surface area contributed by atoms with Crippen LogP contribution in [0.15, 0.2) is 6.33 Å². The summed E-state index contributed by atoms with van der Waals surface area (Å²) in [5.74, 6) is -0.879. The van der Waals surface area contributed by atoms with Gasteiger partial charge < -0.3 is 28.5 Å². The summed E-state index contributed by atoms with van der Waals surface area (Å²) in [6, 6.07) is 0. The average molecular weight is 487 g/mol. The lowest BCUT2D eigenvalue weighted by Crippen LogP contribution is -2.65. The number of amides is 1. The molecule has 3 heterocycles. The maximum atomic E-state index is 11.4. The molecule has 1 amide bonds. The van der Waals surface area contributed by atoms with Crippen molar-refractivity contribution in [3.8, 4) is 0 Å². The van der Waals surface area contributed by atoms with Crippen molar-refractivity contribution in [3.05, 3.63) is 12.2 Å². The zero-order valence-electron chi connectivity index (χ0n) is 20.3. The summed E-state index contributed by atoms with van der Waals surface area (Å²) in [6.45, 7) is 17.4. The first kappa shape index (κ1) is 25.5. The fraction of sp³-hybridized carbons (Fsp3) is 0.850. The fourth-order valence-corrected chi connectivity index (χ4v) is 16.1. The molecule has 2 aliphatic rings. The maximum Gasteiger partial charge on any atom is 0.335 e. The van der Waals surface area contributed by atoms with E-state index in [4.69, 9.17) is 23.4 Å². The van der Waals surface area contributed by atoms with Gasteiger partial charge in [0.25, 0.3) is 5.91 Å². The second-order valence-corrected chi connectivity index (χ2v) is 18.9. The number of aromatic nitrogens is 3. The first-order chi connectivity index (χ1) is 14.9. The van der Waals surface area contributed by atoms with E-state index < -0.39 is 47.6 Å². The second-order valence-electron chi connectivity index (χ2n) is 10.0. The highest BCUT2D eigenvalue weighted by molar-refractivity contribution is 6.83. The number of rotatable bonds is 6. The molecule has 2 aliphatic heterocycles. The third-order valence-electron chi connectivity index (χ3n) is 6.63. The Morgan fingerprint density at radius 1 is 1.09 bits per heavy atom. The molecule has 182 valence electrons. The van der Waals surface area contributed by atoms with E-state index in [1.807, 2.05) is 0 Å². The highest BCUT2D eigenvalue weighted by Gasteiger charge is 2.61. The van der Waals surface area contributed by atoms with Crippen LogP contribution in [-0.4, -0.2) is 67.8 Å². The molecule has 10 nitrogen and oxygen atoms in total. The topological polar surface area (TPSA) is 131 Å². The molecule has 0 radical (unpaired) electrons. The normalized spacial score (nSPS) is 30.0. The number of nitrogens with zero attached hydrogens (tertiary/aromatic N) is 3. The summed E-state index contributed by atoms with van der Waals surface area (Å²) in [7, 11) is -5.57. The average Bonchev–Trinajstić information content (AvgIpc) is 3.27. The molecular weight excluding hydrogens is 448 g/mol. The van der Waals surface area contributed by atoms with Gasteiger partial charge >= 0.3 is 17.1 Å². The summed E-state index contributed by atoms with van der Waals surface area (Å²) in [4.78, 5) is 15.3. The molecule has 2 saturated heterocycles. The van der Waals surface area contributed by atoms with Crippen molar-refractivity contribution in [2.24, 2.45) is 5.73 Å². The van der Waals surface area contributed by atoms with Gasteiger partial charge in [-0.25, -0.2) is 9.67 Å². The summed E-state index contributed by atoms with van der Waals surface area (Å²) in [6.07, 6.45) is -1.72. The first-order valence-electron chi connectivity index (χ1n) is 11.4. The van der Waals surface area contributed by atoms with Crippen molar-refractivity contribution in [2.75, 3.05) is 6.61 Å². The van der Waals surface area contributed by atoms with Gasteiger partial charge in [0.15, 0.2) is 6.23 Å². The van der Waals surface area contributed by atoms with Crippen LogP contribution in [-0.2, 0) is 17.7 Å². The van der Waals surface area contributed by atoms with Crippen molar-refractivity contribution >= 4 is 23.0 Å². The number of primary amides is 1. The molecule has 3 N–H and O–H groups in total. The largest absolute Gasteiger partial charge is 0.414 e. The fourth-order valence-electron chi connectivity index (χ4n) is 4.87. The van der Waals surface area contributed by atoms with Gasteiger partial charge in [-0.2, -0.15) is 0 Å². The Balaban J connectivity index is 2.03. The number of carbonyl (C=O) groups excluding carboxylic acids is 1. The SMILES string of the molecule is CC(C)[Si]1(C(C)C)OC[C@@H]2O[C@H](n3cnc(C(N)=O)n3)[C@H](O)[C@@H]2O[Si](C(C)C)(C(C)C)O1. The Bertz CT molecular complexity index is 802. The molecule has 0 unspecified atom stereocenters. The Kier molecular flexibility index (Phi) is 7.35. The zero-order valence-corrected chi connectivity index (χ0v) is 22.3. The number of ether oxygens (including phenoxy) is 1. The number of hydrogen-bond donors (Lipinski definition) is 2. The van der Waals surface area contributed by atoms with Crippen LogP contribution < -0.4 is 5.73 Å². The Morgan fingerprint density at radius 3 is 2.12 bits per heavy atom. The number of nitrogens with two attached hydrogens (primary N) is 1. The minimum absolute atomic E-state index is 0.133. The van der Waals surface area contributed by atoms with E-state index in [9.17, 15) is 9.90 Å². The standard InChI is InChI=1S/C20H38N4O6Si2/c1-11(2)31(12(3)4)27-9-15-17(29-32(30-31,13(5)6)14(7)8)16(25)20(28-15)24-10-22-19(23-24)18(21)26/h10-17,20,25H,9H2,1-8H3,(H2,21,26)/t15-,16+,17+,20-/m0/s1. The van der Waals surface area contributed by atoms with Crippen LogP contribution in [0.4, 0.5) is 0 Å². The molecule has 2 fully saturated rings. The molecule has 32 heavy (non-hydrogen) atoms. The number of carbonyl (C=O) groups is 1. The smallest absolute Gasteiger partial charge is 0.335 e. The second kappa shape index (κ2) is 9.24. The summed E-state index contributed by atoms with van der Waals surface area (Å²) in [5.41, 5.74) is 5.96. The Morgan fingerprint density at radius 2 is 1.66 bits per heavy atom. The molecule has 0 aromatic carbocycles. The van der Waals surface area contributed by atoms with E-state index in [2.05, 4.69) is 65.5 Å². The van der Waals surface area contributed by atoms with Crippen LogP contribution in [0.2, 0.25) is 22.2 Å². The lowest BCUT2D eigenvalue weighted by atomic mass is 10.1. The molecule has 0 spiro atoms. The van der Waals surface area contributed by atoms with Crippen molar-refractivity contribution in [1.29, 1.82) is 0 Å². The molecular formula is C20H38N4O6Si2. The maximum absolute atomic E-state index is 11.4.